The molecule has 1 unspecified atom stereocenters. The summed E-state index contributed by atoms with van der Waals surface area (Å²) in [5, 5.41) is 31.6. The van der Waals surface area contributed by atoms with Crippen LogP contribution >= 0.6 is 11.6 Å². The molecule has 0 bridgehead atoms. The van der Waals surface area contributed by atoms with Crippen molar-refractivity contribution in [1.29, 1.82) is 0 Å². The normalized spacial score (nSPS) is 11.8. The van der Waals surface area contributed by atoms with Gasteiger partial charge in [-0.05, 0) is 0 Å². The van der Waals surface area contributed by atoms with Crippen LogP contribution < -0.4 is 0 Å². The van der Waals surface area contributed by atoms with Gasteiger partial charge >= 0.3 is 0 Å². The summed E-state index contributed by atoms with van der Waals surface area (Å²) in [6.45, 7) is -0.362. The minimum atomic E-state index is -0.679. The van der Waals surface area contributed by atoms with Crippen molar-refractivity contribution in [2.45, 2.75) is 5.56 Å². The quantitative estimate of drug-likeness (QED) is 0.409. The average molecular weight is 203 g/mol. The number of ether oxygens (including phenoxy) is 1. The molecule has 0 aliphatic carbocycles. The fraction of sp³-hybridized carbons (Fsp3) is 1.00. The highest BCUT2D eigenvalue weighted by Gasteiger charge is 1.98. The van der Waals surface area contributed by atoms with Crippen LogP contribution in [-0.2, 0) is 4.74 Å². The molecule has 12 heavy (non-hydrogen) atoms. The number of aliphatic hydroxyl groups is 4. The highest BCUT2D eigenvalue weighted by Crippen LogP contribution is 1.94. The third-order valence-corrected chi connectivity index (χ3v) is 0.898. The highest BCUT2D eigenvalue weighted by molar-refractivity contribution is 6.19. The Bertz CT molecular complexity index is 71.0. The van der Waals surface area contributed by atoms with Gasteiger partial charge in [-0.3, -0.25) is 0 Å². The number of alkyl halides is 1. The van der Waals surface area contributed by atoms with Crippen LogP contribution in [0.3, 0.4) is 0 Å². The lowest BCUT2D eigenvalue weighted by Gasteiger charge is -2.04. The summed E-state index contributed by atoms with van der Waals surface area (Å²) in [5.74, 6) is 0. The third-order valence-electron chi connectivity index (χ3n) is 0.634. The van der Waals surface area contributed by atoms with Gasteiger partial charge in [-0.25, -0.2) is 0 Å². The van der Waals surface area contributed by atoms with Gasteiger partial charge in [-0.1, -0.05) is 11.6 Å². The molecular formula is C6H15ClO5. The minimum Gasteiger partial charge on any atom is -0.394 e. The van der Waals surface area contributed by atoms with Crippen molar-refractivity contribution in [2.75, 3.05) is 33.0 Å². The molecule has 5 nitrogen and oxygen atoms in total. The van der Waals surface area contributed by atoms with E-state index < -0.39 is 5.56 Å². The van der Waals surface area contributed by atoms with E-state index in [1.165, 1.54) is 0 Å². The van der Waals surface area contributed by atoms with Crippen LogP contribution in [0.2, 0.25) is 0 Å². The largest absolute Gasteiger partial charge is 0.394 e. The van der Waals surface area contributed by atoms with Gasteiger partial charge < -0.3 is 25.2 Å². The molecule has 0 spiro atoms. The zero-order chi connectivity index (χ0) is 9.82. The van der Waals surface area contributed by atoms with Gasteiger partial charge in [0.1, 0.15) is 0 Å². The van der Waals surface area contributed by atoms with Crippen LogP contribution in [0.4, 0.5) is 0 Å². The minimum absolute atomic E-state index is 0.0662. The second-order valence-corrected chi connectivity index (χ2v) is 2.12. The zero-order valence-electron chi connectivity index (χ0n) is 6.69. The van der Waals surface area contributed by atoms with Gasteiger partial charge in [0.25, 0.3) is 0 Å². The number of hydrogen-bond acceptors (Lipinski definition) is 5. The third kappa shape index (κ3) is 16.6. The Morgan fingerprint density at radius 3 is 1.75 bits per heavy atom. The molecule has 0 fully saturated rings. The van der Waals surface area contributed by atoms with E-state index in [4.69, 9.17) is 32.0 Å². The maximum absolute atomic E-state index is 8.22. The summed E-state index contributed by atoms with van der Waals surface area (Å²) in [4.78, 5) is 0. The molecule has 0 saturated heterocycles. The number of hydrogen-bond donors (Lipinski definition) is 4. The summed E-state index contributed by atoms with van der Waals surface area (Å²) in [5.41, 5.74) is -0.679. The lowest BCUT2D eigenvalue weighted by Crippen LogP contribution is -2.12. The fourth-order valence-corrected chi connectivity index (χ4v) is 0.322. The van der Waals surface area contributed by atoms with Gasteiger partial charge in [-0.2, -0.15) is 0 Å². The van der Waals surface area contributed by atoms with Crippen LogP contribution in [0.5, 0.6) is 0 Å². The Balaban J connectivity index is 0. The molecule has 6 heteroatoms. The molecular weight excluding hydrogens is 188 g/mol. The Kier molecular flexibility index (Phi) is 16.6. The van der Waals surface area contributed by atoms with Crippen molar-refractivity contribution in [1.82, 2.24) is 0 Å². The maximum atomic E-state index is 8.22. The number of rotatable bonds is 5. The van der Waals surface area contributed by atoms with E-state index in [-0.39, 0.29) is 33.0 Å². The molecule has 0 aliphatic heterocycles. The predicted molar refractivity (Wildman–Crippen MR) is 43.9 cm³/mol. The Hall–Kier alpha value is 0.0900. The van der Waals surface area contributed by atoms with E-state index in [0.717, 1.165) is 0 Å². The Morgan fingerprint density at radius 1 is 1.00 bits per heavy atom. The first-order valence-electron chi connectivity index (χ1n) is 3.42. The second kappa shape index (κ2) is 13.7. The molecule has 0 aliphatic rings. The van der Waals surface area contributed by atoms with Crippen LogP contribution in [-0.4, -0.2) is 59.0 Å². The van der Waals surface area contributed by atoms with Crippen LogP contribution in [0, 0.1) is 0 Å². The van der Waals surface area contributed by atoms with Crippen molar-refractivity contribution < 1.29 is 25.2 Å². The maximum Gasteiger partial charge on any atom is 0.154 e. The molecule has 0 rings (SSSR count). The Morgan fingerprint density at radius 2 is 1.50 bits per heavy atom. The van der Waals surface area contributed by atoms with Crippen molar-refractivity contribution in [3.8, 4) is 0 Å². The molecule has 0 aromatic carbocycles. The van der Waals surface area contributed by atoms with Crippen molar-refractivity contribution >= 4 is 11.6 Å². The molecule has 0 radical (unpaired) electrons. The van der Waals surface area contributed by atoms with Crippen LogP contribution in [0.25, 0.3) is 0 Å². The Labute approximate surface area is 76.2 Å². The molecule has 1 atom stereocenters. The molecule has 0 heterocycles. The van der Waals surface area contributed by atoms with Crippen LogP contribution in [0.15, 0.2) is 0 Å². The first-order valence-corrected chi connectivity index (χ1v) is 3.85. The lowest BCUT2D eigenvalue weighted by molar-refractivity contribution is 0.0410. The second-order valence-electron chi connectivity index (χ2n) is 1.63. The number of aliphatic hydroxyl groups excluding tert-OH is 4. The molecule has 0 saturated carbocycles. The summed E-state index contributed by atoms with van der Waals surface area (Å²) >= 11 is 5.26. The van der Waals surface area contributed by atoms with Gasteiger partial charge in [0.2, 0.25) is 0 Å². The lowest BCUT2D eigenvalue weighted by atomic mass is 10.7. The first-order chi connectivity index (χ1) is 5.72. The average Bonchev–Trinajstić information content (AvgIpc) is 2.14. The van der Waals surface area contributed by atoms with E-state index in [1.807, 2.05) is 0 Å². The molecule has 4 N–H and O–H groups in total. The smallest absolute Gasteiger partial charge is 0.154 e. The fourth-order valence-electron chi connectivity index (χ4n) is 0.233. The predicted octanol–water partition coefficient (Wildman–Crippen LogP) is -1.48. The van der Waals surface area contributed by atoms with E-state index in [1.54, 1.807) is 0 Å². The van der Waals surface area contributed by atoms with Crippen molar-refractivity contribution in [2.24, 2.45) is 0 Å². The highest BCUT2D eigenvalue weighted by atomic mass is 35.5. The van der Waals surface area contributed by atoms with E-state index in [2.05, 4.69) is 4.74 Å². The van der Waals surface area contributed by atoms with Gasteiger partial charge in [0, 0.05) is 0 Å². The standard InChI is InChI=1S/C4H9ClO3.C2H6O2/c5-4(3-7)8-2-1-6;3-1-2-4/h4,6-7H,1-3H2;3-4H,1-2H2. The van der Waals surface area contributed by atoms with E-state index in [0.29, 0.717) is 0 Å². The van der Waals surface area contributed by atoms with E-state index in [9.17, 15) is 0 Å². The zero-order valence-corrected chi connectivity index (χ0v) is 7.44. The van der Waals surface area contributed by atoms with Gasteiger partial charge in [0.05, 0.1) is 33.0 Å². The van der Waals surface area contributed by atoms with Gasteiger partial charge in [-0.15, -0.1) is 0 Å². The van der Waals surface area contributed by atoms with Crippen molar-refractivity contribution in [3.05, 3.63) is 0 Å². The SMILES string of the molecule is OCCO.OCCOC(Cl)CO. The van der Waals surface area contributed by atoms with Crippen molar-refractivity contribution in [3.63, 3.8) is 0 Å². The summed E-state index contributed by atoms with van der Waals surface area (Å²) in [6, 6.07) is 0. The molecule has 76 valence electrons. The topological polar surface area (TPSA) is 90.2 Å². The molecule has 0 aromatic heterocycles. The van der Waals surface area contributed by atoms with Crippen LogP contribution in [0.1, 0.15) is 0 Å². The number of halogens is 1. The monoisotopic (exact) mass is 202 g/mol. The van der Waals surface area contributed by atoms with Gasteiger partial charge in [0.15, 0.2) is 5.56 Å². The summed E-state index contributed by atoms with van der Waals surface area (Å²) < 4.78 is 4.61. The molecule has 0 amide bonds. The summed E-state index contributed by atoms with van der Waals surface area (Å²) in [6.07, 6.45) is 0. The summed E-state index contributed by atoms with van der Waals surface area (Å²) in [7, 11) is 0. The molecule has 0 aromatic rings. The van der Waals surface area contributed by atoms with E-state index >= 15 is 0 Å². The first kappa shape index (κ1) is 14.6.